The summed E-state index contributed by atoms with van der Waals surface area (Å²) in [6, 6.07) is 0. The Morgan fingerprint density at radius 3 is 3.27 bits per heavy atom. The number of nitrogens with zero attached hydrogens (tertiary/aromatic N) is 2. The van der Waals surface area contributed by atoms with Gasteiger partial charge in [0.2, 0.25) is 0 Å². The average molecular weight is 274 g/mol. The Balaban J connectivity index is 2.28. The van der Waals surface area contributed by atoms with Crippen LogP contribution in [0.25, 0.3) is 0 Å². The number of nitrogens with one attached hydrogen (secondary N) is 1. The van der Waals surface area contributed by atoms with Gasteiger partial charge >= 0.3 is 0 Å². The van der Waals surface area contributed by atoms with Gasteiger partial charge in [0, 0.05) is 13.1 Å². The maximum absolute atomic E-state index is 11.4. The summed E-state index contributed by atoms with van der Waals surface area (Å²) in [6.07, 6.45) is 1.59. The van der Waals surface area contributed by atoms with Crippen LogP contribution in [0.5, 0.6) is 0 Å². The van der Waals surface area contributed by atoms with Gasteiger partial charge in [-0.15, -0.1) is 0 Å². The molecular formula is C9H12BrN3O2. The van der Waals surface area contributed by atoms with Gasteiger partial charge in [-0.05, 0) is 22.9 Å². The van der Waals surface area contributed by atoms with Crippen LogP contribution in [0.1, 0.15) is 6.92 Å². The van der Waals surface area contributed by atoms with Crippen molar-refractivity contribution < 1.29 is 4.74 Å². The molecule has 0 bridgehead atoms. The number of aromatic amines is 1. The van der Waals surface area contributed by atoms with Gasteiger partial charge in [-0.25, -0.2) is 4.98 Å². The number of ether oxygens (including phenoxy) is 1. The molecule has 0 amide bonds. The summed E-state index contributed by atoms with van der Waals surface area (Å²) < 4.78 is 5.91. The number of halogens is 1. The summed E-state index contributed by atoms with van der Waals surface area (Å²) in [6.45, 7) is 4.20. The molecule has 15 heavy (non-hydrogen) atoms. The van der Waals surface area contributed by atoms with Crippen molar-refractivity contribution >= 4 is 21.7 Å². The molecule has 0 radical (unpaired) electrons. The maximum Gasteiger partial charge on any atom is 0.267 e. The van der Waals surface area contributed by atoms with Crippen molar-refractivity contribution in [2.75, 3.05) is 24.6 Å². The Labute approximate surface area is 95.6 Å². The average Bonchev–Trinajstić information content (AvgIpc) is 2.22. The third-order valence-electron chi connectivity index (χ3n) is 2.32. The summed E-state index contributed by atoms with van der Waals surface area (Å²) in [4.78, 5) is 20.1. The predicted molar refractivity (Wildman–Crippen MR) is 60.2 cm³/mol. The van der Waals surface area contributed by atoms with Crippen molar-refractivity contribution in [3.05, 3.63) is 21.2 Å². The molecule has 1 aromatic rings. The second-order valence-electron chi connectivity index (χ2n) is 3.50. The highest BCUT2D eigenvalue weighted by molar-refractivity contribution is 9.10. The standard InChI is InChI=1S/C9H12BrN3O2/c1-6-4-13(2-3-15-6)8-7(10)9(14)12-5-11-8/h5-6H,2-4H2,1H3,(H,11,12,14). The van der Waals surface area contributed by atoms with E-state index in [0.717, 1.165) is 13.1 Å². The van der Waals surface area contributed by atoms with Gasteiger partial charge in [-0.1, -0.05) is 0 Å². The first-order valence-corrected chi connectivity index (χ1v) is 5.57. The van der Waals surface area contributed by atoms with Crippen LogP contribution < -0.4 is 10.5 Å². The number of hydrogen-bond donors (Lipinski definition) is 1. The van der Waals surface area contributed by atoms with Crippen LogP contribution in [0.3, 0.4) is 0 Å². The van der Waals surface area contributed by atoms with Crippen LogP contribution in [0.2, 0.25) is 0 Å². The molecule has 0 aliphatic carbocycles. The zero-order valence-electron chi connectivity index (χ0n) is 8.36. The maximum atomic E-state index is 11.4. The fourth-order valence-electron chi connectivity index (χ4n) is 1.60. The number of hydrogen-bond acceptors (Lipinski definition) is 4. The van der Waals surface area contributed by atoms with Gasteiger partial charge in [0.1, 0.15) is 10.3 Å². The van der Waals surface area contributed by atoms with Crippen molar-refractivity contribution in [1.29, 1.82) is 0 Å². The molecule has 1 atom stereocenters. The van der Waals surface area contributed by atoms with Crippen LogP contribution in [0, 0.1) is 0 Å². The lowest BCUT2D eigenvalue weighted by molar-refractivity contribution is 0.0529. The molecule has 2 heterocycles. The summed E-state index contributed by atoms with van der Waals surface area (Å²) in [5.74, 6) is 0.689. The van der Waals surface area contributed by atoms with Crippen molar-refractivity contribution in [2.24, 2.45) is 0 Å². The van der Waals surface area contributed by atoms with Crippen molar-refractivity contribution in [2.45, 2.75) is 13.0 Å². The lowest BCUT2D eigenvalue weighted by Gasteiger charge is -2.32. The first-order chi connectivity index (χ1) is 7.18. The van der Waals surface area contributed by atoms with E-state index in [1.54, 1.807) is 0 Å². The van der Waals surface area contributed by atoms with E-state index >= 15 is 0 Å². The molecule has 0 spiro atoms. The first kappa shape index (κ1) is 10.6. The third-order valence-corrected chi connectivity index (χ3v) is 3.03. The Kier molecular flexibility index (Phi) is 3.06. The van der Waals surface area contributed by atoms with E-state index in [9.17, 15) is 4.79 Å². The molecule has 5 nitrogen and oxygen atoms in total. The van der Waals surface area contributed by atoms with Crippen molar-refractivity contribution in [3.8, 4) is 0 Å². The predicted octanol–water partition coefficient (Wildman–Crippen LogP) is 0.758. The fraction of sp³-hybridized carbons (Fsp3) is 0.556. The minimum atomic E-state index is -0.154. The first-order valence-electron chi connectivity index (χ1n) is 4.78. The number of H-pyrrole nitrogens is 1. The molecule has 1 fully saturated rings. The fourth-order valence-corrected chi connectivity index (χ4v) is 2.07. The van der Waals surface area contributed by atoms with E-state index in [1.807, 2.05) is 11.8 Å². The zero-order valence-corrected chi connectivity index (χ0v) is 9.95. The molecule has 0 saturated carbocycles. The second-order valence-corrected chi connectivity index (χ2v) is 4.29. The van der Waals surface area contributed by atoms with E-state index in [1.165, 1.54) is 6.33 Å². The van der Waals surface area contributed by atoms with Gasteiger partial charge in [-0.3, -0.25) is 4.79 Å². The van der Waals surface area contributed by atoms with E-state index in [4.69, 9.17) is 4.74 Å². The lowest BCUT2D eigenvalue weighted by Crippen LogP contribution is -2.42. The number of aromatic nitrogens is 2. The molecule has 0 aromatic carbocycles. The minimum absolute atomic E-state index is 0.154. The van der Waals surface area contributed by atoms with Gasteiger partial charge in [0.25, 0.3) is 5.56 Å². The molecule has 1 saturated heterocycles. The summed E-state index contributed by atoms with van der Waals surface area (Å²) >= 11 is 3.25. The van der Waals surface area contributed by atoms with Crippen LogP contribution in [-0.2, 0) is 4.74 Å². The smallest absolute Gasteiger partial charge is 0.267 e. The van der Waals surface area contributed by atoms with Gasteiger partial charge in [0.15, 0.2) is 0 Å². The number of rotatable bonds is 1. The summed E-state index contributed by atoms with van der Waals surface area (Å²) in [7, 11) is 0. The monoisotopic (exact) mass is 273 g/mol. The second kappa shape index (κ2) is 4.32. The Morgan fingerprint density at radius 1 is 1.73 bits per heavy atom. The van der Waals surface area contributed by atoms with E-state index in [0.29, 0.717) is 16.9 Å². The molecule has 2 rings (SSSR count). The molecule has 82 valence electrons. The molecule has 1 N–H and O–H groups in total. The zero-order chi connectivity index (χ0) is 10.8. The van der Waals surface area contributed by atoms with Crippen LogP contribution in [-0.4, -0.2) is 35.8 Å². The largest absolute Gasteiger partial charge is 0.375 e. The van der Waals surface area contributed by atoms with Gasteiger partial charge < -0.3 is 14.6 Å². The van der Waals surface area contributed by atoms with E-state index in [2.05, 4.69) is 25.9 Å². The topological polar surface area (TPSA) is 58.2 Å². The van der Waals surface area contributed by atoms with Crippen LogP contribution in [0.15, 0.2) is 15.6 Å². The molecule has 1 aliphatic rings. The van der Waals surface area contributed by atoms with Crippen LogP contribution >= 0.6 is 15.9 Å². The Morgan fingerprint density at radius 2 is 2.53 bits per heavy atom. The Bertz CT molecular complexity index is 407. The van der Waals surface area contributed by atoms with Crippen LogP contribution in [0.4, 0.5) is 5.82 Å². The molecular weight excluding hydrogens is 262 g/mol. The molecule has 6 heteroatoms. The summed E-state index contributed by atoms with van der Waals surface area (Å²) in [5.41, 5.74) is -0.154. The molecule has 1 aromatic heterocycles. The number of morpholine rings is 1. The van der Waals surface area contributed by atoms with Crippen molar-refractivity contribution in [1.82, 2.24) is 9.97 Å². The third kappa shape index (κ3) is 2.21. The SMILES string of the molecule is CC1CN(c2nc[nH]c(=O)c2Br)CCO1. The highest BCUT2D eigenvalue weighted by Gasteiger charge is 2.20. The van der Waals surface area contributed by atoms with E-state index < -0.39 is 0 Å². The molecule has 1 unspecified atom stereocenters. The summed E-state index contributed by atoms with van der Waals surface area (Å²) in [5, 5.41) is 0. The molecule has 1 aliphatic heterocycles. The van der Waals surface area contributed by atoms with Crippen molar-refractivity contribution in [3.63, 3.8) is 0 Å². The highest BCUT2D eigenvalue weighted by atomic mass is 79.9. The number of anilines is 1. The van der Waals surface area contributed by atoms with Gasteiger partial charge in [-0.2, -0.15) is 0 Å². The highest BCUT2D eigenvalue weighted by Crippen LogP contribution is 2.20. The van der Waals surface area contributed by atoms with E-state index in [-0.39, 0.29) is 11.7 Å². The van der Waals surface area contributed by atoms with Gasteiger partial charge in [0.05, 0.1) is 19.0 Å². The normalized spacial score (nSPS) is 21.7. The minimum Gasteiger partial charge on any atom is -0.375 e. The Hall–Kier alpha value is -0.880. The quantitative estimate of drug-likeness (QED) is 0.821. The lowest BCUT2D eigenvalue weighted by atomic mass is 10.3.